The standard InChI is InChI=1S/C28H24N4O5S/c1-18-7-9-23(10-8-18)38(35,36)32-17-25(20-11-12-29-26(15-20)37-3)24-14-21(16-30-27(24)32)19-5-4-6-22(13-19)31(2)28(33)34/h4-17H,1-3H3,(H,33,34). The maximum atomic E-state index is 13.7. The van der Waals surface area contributed by atoms with E-state index in [0.29, 0.717) is 33.6 Å². The maximum Gasteiger partial charge on any atom is 0.411 e. The number of nitrogens with zero attached hydrogens (tertiary/aromatic N) is 4. The Bertz CT molecular complexity index is 1780. The summed E-state index contributed by atoms with van der Waals surface area (Å²) in [5.74, 6) is 0.387. The number of hydrogen-bond donors (Lipinski definition) is 1. The van der Waals surface area contributed by atoms with Crippen molar-refractivity contribution in [3.8, 4) is 28.1 Å². The summed E-state index contributed by atoms with van der Waals surface area (Å²) >= 11 is 0. The van der Waals surface area contributed by atoms with E-state index in [9.17, 15) is 18.3 Å². The number of fused-ring (bicyclic) bond motifs is 1. The van der Waals surface area contributed by atoms with E-state index in [2.05, 4.69) is 9.97 Å². The zero-order chi connectivity index (χ0) is 27.0. The number of aromatic nitrogens is 3. The van der Waals surface area contributed by atoms with Crippen molar-refractivity contribution in [3.05, 3.63) is 90.9 Å². The van der Waals surface area contributed by atoms with Crippen LogP contribution in [0.15, 0.2) is 90.2 Å². The Kier molecular flexibility index (Phi) is 6.33. The number of hydrogen-bond acceptors (Lipinski definition) is 6. The second-order valence-corrected chi connectivity index (χ2v) is 10.5. The van der Waals surface area contributed by atoms with Crippen LogP contribution in [-0.4, -0.2) is 47.7 Å². The molecule has 5 rings (SSSR count). The van der Waals surface area contributed by atoms with Gasteiger partial charge in [-0.3, -0.25) is 4.90 Å². The molecule has 2 aromatic carbocycles. The van der Waals surface area contributed by atoms with Crippen molar-refractivity contribution in [2.24, 2.45) is 0 Å². The largest absolute Gasteiger partial charge is 0.481 e. The minimum Gasteiger partial charge on any atom is -0.481 e. The third-order valence-electron chi connectivity index (χ3n) is 6.30. The Morgan fingerprint density at radius 1 is 0.974 bits per heavy atom. The molecule has 0 bridgehead atoms. The van der Waals surface area contributed by atoms with Gasteiger partial charge in [-0.1, -0.05) is 29.8 Å². The lowest BCUT2D eigenvalue weighted by Crippen LogP contribution is -2.23. The molecule has 0 spiro atoms. The summed E-state index contributed by atoms with van der Waals surface area (Å²) in [7, 11) is -0.977. The zero-order valence-corrected chi connectivity index (χ0v) is 21.7. The van der Waals surface area contributed by atoms with Gasteiger partial charge in [-0.25, -0.2) is 27.2 Å². The molecule has 38 heavy (non-hydrogen) atoms. The van der Waals surface area contributed by atoms with Crippen LogP contribution in [0.2, 0.25) is 0 Å². The monoisotopic (exact) mass is 528 g/mol. The lowest BCUT2D eigenvalue weighted by molar-refractivity contribution is 0.203. The third kappa shape index (κ3) is 4.46. The van der Waals surface area contributed by atoms with Gasteiger partial charge < -0.3 is 9.84 Å². The van der Waals surface area contributed by atoms with E-state index in [4.69, 9.17) is 4.74 Å². The molecule has 1 amide bonds. The van der Waals surface area contributed by atoms with Crippen LogP contribution in [0.25, 0.3) is 33.3 Å². The fourth-order valence-corrected chi connectivity index (χ4v) is 5.49. The molecule has 0 aliphatic heterocycles. The first kappa shape index (κ1) is 25.0. The van der Waals surface area contributed by atoms with Crippen LogP contribution < -0.4 is 9.64 Å². The quantitative estimate of drug-likeness (QED) is 0.312. The van der Waals surface area contributed by atoms with Gasteiger partial charge in [-0.05, 0) is 54.4 Å². The van der Waals surface area contributed by atoms with Gasteiger partial charge in [0.15, 0.2) is 5.65 Å². The molecule has 0 atom stereocenters. The lowest BCUT2D eigenvalue weighted by atomic mass is 10.0. The third-order valence-corrected chi connectivity index (χ3v) is 7.96. The fraction of sp³-hybridized carbons (Fsp3) is 0.107. The first-order valence-electron chi connectivity index (χ1n) is 11.6. The summed E-state index contributed by atoms with van der Waals surface area (Å²) in [5, 5.41) is 9.97. The summed E-state index contributed by atoms with van der Waals surface area (Å²) in [4.78, 5) is 21.5. The van der Waals surface area contributed by atoms with Crippen LogP contribution in [-0.2, 0) is 10.0 Å². The van der Waals surface area contributed by atoms with E-state index in [1.165, 1.54) is 18.1 Å². The molecule has 192 valence electrons. The number of benzene rings is 2. The minimum atomic E-state index is -3.95. The van der Waals surface area contributed by atoms with Gasteiger partial charge in [-0.2, -0.15) is 0 Å². The molecule has 5 aromatic rings. The van der Waals surface area contributed by atoms with Crippen LogP contribution in [0, 0.1) is 6.92 Å². The lowest BCUT2D eigenvalue weighted by Gasteiger charge is -2.14. The Labute approximate surface area is 219 Å². The zero-order valence-electron chi connectivity index (χ0n) is 20.9. The average Bonchev–Trinajstić information content (AvgIpc) is 3.33. The van der Waals surface area contributed by atoms with E-state index < -0.39 is 16.1 Å². The first-order chi connectivity index (χ1) is 18.2. The van der Waals surface area contributed by atoms with Gasteiger partial charge in [0.05, 0.1) is 12.0 Å². The molecule has 10 heteroatoms. The number of ether oxygens (including phenoxy) is 1. The minimum absolute atomic E-state index is 0.147. The summed E-state index contributed by atoms with van der Waals surface area (Å²) in [6.45, 7) is 1.89. The van der Waals surface area contributed by atoms with Crippen molar-refractivity contribution >= 4 is 32.8 Å². The highest BCUT2D eigenvalue weighted by Gasteiger charge is 2.24. The number of amides is 1. The Balaban J connectivity index is 1.73. The number of carbonyl (C=O) groups is 1. The van der Waals surface area contributed by atoms with E-state index in [1.807, 2.05) is 19.1 Å². The number of methoxy groups -OCH3 is 1. The molecule has 9 nitrogen and oxygen atoms in total. The predicted molar refractivity (Wildman–Crippen MR) is 145 cm³/mol. The van der Waals surface area contributed by atoms with Crippen LogP contribution in [0.4, 0.5) is 10.5 Å². The van der Waals surface area contributed by atoms with Crippen molar-refractivity contribution in [1.82, 2.24) is 13.9 Å². The number of aryl methyl sites for hydroxylation is 1. The molecule has 0 unspecified atom stereocenters. The molecule has 0 saturated heterocycles. The summed E-state index contributed by atoms with van der Waals surface area (Å²) in [5.41, 5.74) is 4.47. The number of anilines is 1. The van der Waals surface area contributed by atoms with E-state index in [0.717, 1.165) is 16.0 Å². The maximum absolute atomic E-state index is 13.7. The first-order valence-corrected chi connectivity index (χ1v) is 13.0. The molecule has 0 aliphatic rings. The Hall–Kier alpha value is -4.70. The normalized spacial score (nSPS) is 11.4. The molecule has 0 aliphatic carbocycles. The van der Waals surface area contributed by atoms with Gasteiger partial charge in [-0.15, -0.1) is 0 Å². The van der Waals surface area contributed by atoms with E-state index in [1.54, 1.807) is 73.2 Å². The highest BCUT2D eigenvalue weighted by molar-refractivity contribution is 7.90. The summed E-state index contributed by atoms with van der Waals surface area (Å²) in [6, 6.07) is 19.0. The Morgan fingerprint density at radius 2 is 1.74 bits per heavy atom. The molecule has 0 fully saturated rings. The van der Waals surface area contributed by atoms with Crippen LogP contribution in [0.5, 0.6) is 5.88 Å². The van der Waals surface area contributed by atoms with E-state index >= 15 is 0 Å². The molecule has 0 radical (unpaired) electrons. The smallest absolute Gasteiger partial charge is 0.411 e. The molecule has 3 heterocycles. The van der Waals surface area contributed by atoms with Crippen molar-refractivity contribution in [1.29, 1.82) is 0 Å². The number of carboxylic acid groups (broad SMARTS) is 1. The summed E-state index contributed by atoms with van der Waals surface area (Å²) in [6.07, 6.45) is 3.65. The molecule has 3 aromatic heterocycles. The van der Waals surface area contributed by atoms with Gasteiger partial charge in [0, 0.05) is 53.9 Å². The molecule has 1 N–H and O–H groups in total. The summed E-state index contributed by atoms with van der Waals surface area (Å²) < 4.78 is 33.9. The number of pyridine rings is 2. The van der Waals surface area contributed by atoms with Gasteiger partial charge >= 0.3 is 6.09 Å². The second kappa shape index (κ2) is 9.64. The van der Waals surface area contributed by atoms with Crippen LogP contribution in [0.1, 0.15) is 5.56 Å². The van der Waals surface area contributed by atoms with Crippen molar-refractivity contribution in [2.75, 3.05) is 19.1 Å². The molecule has 0 saturated carbocycles. The van der Waals surface area contributed by atoms with Crippen LogP contribution in [0.3, 0.4) is 0 Å². The van der Waals surface area contributed by atoms with Crippen LogP contribution >= 0.6 is 0 Å². The van der Waals surface area contributed by atoms with Gasteiger partial charge in [0.25, 0.3) is 10.0 Å². The molecular weight excluding hydrogens is 504 g/mol. The van der Waals surface area contributed by atoms with Crippen molar-refractivity contribution in [3.63, 3.8) is 0 Å². The SMILES string of the molecule is COc1cc(-c2cn(S(=O)(=O)c3ccc(C)cc3)c3ncc(-c4cccc(N(C)C(=O)O)c4)cc23)ccn1. The highest BCUT2D eigenvalue weighted by Crippen LogP contribution is 2.36. The second-order valence-electron chi connectivity index (χ2n) is 8.73. The molecular formula is C28H24N4O5S. The fourth-order valence-electron chi connectivity index (χ4n) is 4.17. The highest BCUT2D eigenvalue weighted by atomic mass is 32.2. The van der Waals surface area contributed by atoms with Gasteiger partial charge in [0.1, 0.15) is 0 Å². The van der Waals surface area contributed by atoms with E-state index in [-0.39, 0.29) is 10.5 Å². The Morgan fingerprint density at radius 3 is 2.45 bits per heavy atom. The topological polar surface area (TPSA) is 115 Å². The predicted octanol–water partition coefficient (Wildman–Crippen LogP) is 5.43. The number of rotatable bonds is 6. The van der Waals surface area contributed by atoms with Crippen molar-refractivity contribution < 1.29 is 23.1 Å². The van der Waals surface area contributed by atoms with Crippen molar-refractivity contribution in [2.45, 2.75) is 11.8 Å². The van der Waals surface area contributed by atoms with Gasteiger partial charge in [0.2, 0.25) is 5.88 Å². The average molecular weight is 529 g/mol.